The normalized spacial score (nSPS) is 10.7. The Labute approximate surface area is 163 Å². The number of carbonyl (C=O) groups is 1. The molecule has 0 spiro atoms. The van der Waals surface area contributed by atoms with Crippen LogP contribution in [0.1, 0.15) is 5.56 Å². The summed E-state index contributed by atoms with van der Waals surface area (Å²) in [6.45, 7) is -0.105. The van der Waals surface area contributed by atoms with Crippen molar-refractivity contribution >= 4 is 23.9 Å². The third-order valence-corrected chi connectivity index (χ3v) is 4.59. The Kier molecular flexibility index (Phi) is 6.66. The third-order valence-electron chi connectivity index (χ3n) is 3.85. The fraction of sp³-hybridized carbons (Fsp3) is 0.0909. The molecule has 1 amide bonds. The van der Waals surface area contributed by atoms with Crippen molar-refractivity contribution in [3.8, 4) is 16.9 Å². The molecular formula is C22H20N2O2S. The van der Waals surface area contributed by atoms with E-state index in [1.807, 2.05) is 85.1 Å². The van der Waals surface area contributed by atoms with Crippen molar-refractivity contribution in [3.63, 3.8) is 0 Å². The van der Waals surface area contributed by atoms with Crippen LogP contribution in [-0.4, -0.2) is 25.0 Å². The highest BCUT2D eigenvalue weighted by Crippen LogP contribution is 2.29. The van der Waals surface area contributed by atoms with Gasteiger partial charge in [-0.2, -0.15) is 5.10 Å². The maximum atomic E-state index is 12.0. The number of para-hydroxylation sites is 1. The van der Waals surface area contributed by atoms with E-state index in [1.165, 1.54) is 4.90 Å². The molecule has 5 heteroatoms. The minimum Gasteiger partial charge on any atom is -0.483 e. The Hall–Kier alpha value is -3.05. The summed E-state index contributed by atoms with van der Waals surface area (Å²) in [6, 6.07) is 25.5. The van der Waals surface area contributed by atoms with Gasteiger partial charge in [-0.05, 0) is 35.6 Å². The van der Waals surface area contributed by atoms with Crippen LogP contribution in [0.2, 0.25) is 0 Å². The zero-order valence-corrected chi connectivity index (χ0v) is 15.8. The molecule has 0 aliphatic heterocycles. The summed E-state index contributed by atoms with van der Waals surface area (Å²) < 4.78 is 5.70. The van der Waals surface area contributed by atoms with E-state index >= 15 is 0 Å². The van der Waals surface area contributed by atoms with Gasteiger partial charge >= 0.3 is 0 Å². The molecular weight excluding hydrogens is 356 g/mol. The molecule has 27 heavy (non-hydrogen) atoms. The van der Waals surface area contributed by atoms with E-state index in [1.54, 1.807) is 18.0 Å². The van der Waals surface area contributed by atoms with Crippen LogP contribution in [0.5, 0.6) is 5.75 Å². The van der Waals surface area contributed by atoms with Crippen LogP contribution in [0.25, 0.3) is 11.1 Å². The smallest absolute Gasteiger partial charge is 0.277 e. The maximum absolute atomic E-state index is 12.0. The molecule has 0 saturated heterocycles. The van der Waals surface area contributed by atoms with E-state index < -0.39 is 0 Å². The average Bonchev–Trinajstić information content (AvgIpc) is 2.73. The molecule has 0 radical (unpaired) electrons. The summed E-state index contributed by atoms with van der Waals surface area (Å²) in [5, 5.41) is 3.98. The molecule has 136 valence electrons. The minimum atomic E-state index is -0.310. The van der Waals surface area contributed by atoms with Crippen LogP contribution in [0.4, 0.5) is 0 Å². The van der Waals surface area contributed by atoms with Gasteiger partial charge in [0.2, 0.25) is 0 Å². The number of hydrogen-bond donors (Lipinski definition) is 1. The largest absolute Gasteiger partial charge is 0.483 e. The summed E-state index contributed by atoms with van der Waals surface area (Å²) in [6.07, 6.45) is 3.64. The van der Waals surface area contributed by atoms with E-state index in [0.29, 0.717) is 5.75 Å². The van der Waals surface area contributed by atoms with Crippen LogP contribution >= 0.6 is 11.8 Å². The molecule has 3 aromatic carbocycles. The summed E-state index contributed by atoms with van der Waals surface area (Å²) in [5.74, 6) is 0.352. The van der Waals surface area contributed by atoms with Gasteiger partial charge in [-0.25, -0.2) is 5.43 Å². The van der Waals surface area contributed by atoms with Crippen LogP contribution in [0, 0.1) is 0 Å². The van der Waals surface area contributed by atoms with Crippen LogP contribution < -0.4 is 10.2 Å². The van der Waals surface area contributed by atoms with Crippen molar-refractivity contribution in [2.24, 2.45) is 5.10 Å². The molecule has 0 aliphatic rings. The predicted octanol–water partition coefficient (Wildman–Crippen LogP) is 4.60. The van der Waals surface area contributed by atoms with Gasteiger partial charge in [-0.3, -0.25) is 4.79 Å². The van der Waals surface area contributed by atoms with E-state index in [4.69, 9.17) is 4.74 Å². The molecule has 4 nitrogen and oxygen atoms in total. The number of benzene rings is 3. The quantitative estimate of drug-likeness (QED) is 0.372. The van der Waals surface area contributed by atoms with E-state index in [0.717, 1.165) is 16.7 Å². The van der Waals surface area contributed by atoms with Gasteiger partial charge in [0.15, 0.2) is 6.61 Å². The highest BCUT2D eigenvalue weighted by atomic mass is 32.2. The van der Waals surface area contributed by atoms with Crippen molar-refractivity contribution in [2.75, 3.05) is 12.9 Å². The Balaban J connectivity index is 1.56. The first kappa shape index (κ1) is 18.7. The van der Waals surface area contributed by atoms with Gasteiger partial charge in [-0.15, -0.1) is 11.8 Å². The van der Waals surface area contributed by atoms with Gasteiger partial charge in [0, 0.05) is 10.5 Å². The van der Waals surface area contributed by atoms with Crippen LogP contribution in [0.15, 0.2) is 88.9 Å². The summed E-state index contributed by atoms with van der Waals surface area (Å²) >= 11 is 1.68. The lowest BCUT2D eigenvalue weighted by Crippen LogP contribution is -2.24. The second-order valence-electron chi connectivity index (χ2n) is 5.72. The number of carbonyl (C=O) groups excluding carboxylic acids is 1. The highest BCUT2D eigenvalue weighted by molar-refractivity contribution is 7.98. The number of hydrazone groups is 1. The standard InChI is InChI=1S/C22H20N2O2S/c1-27-19-13-11-17(12-14-19)15-23-24-22(25)16-26-21-10-6-5-9-20(21)18-7-3-2-4-8-18/h2-15H,16H2,1H3,(H,24,25). The van der Waals surface area contributed by atoms with Gasteiger partial charge in [0.1, 0.15) is 5.75 Å². The first-order valence-electron chi connectivity index (χ1n) is 8.49. The van der Waals surface area contributed by atoms with Gasteiger partial charge in [0.25, 0.3) is 5.91 Å². The van der Waals surface area contributed by atoms with E-state index in [9.17, 15) is 4.79 Å². The van der Waals surface area contributed by atoms with Crippen molar-refractivity contribution in [3.05, 3.63) is 84.4 Å². The fourth-order valence-electron chi connectivity index (χ4n) is 2.49. The SMILES string of the molecule is CSc1ccc(C=NNC(=O)COc2ccccc2-c2ccccc2)cc1. The van der Waals surface area contributed by atoms with Gasteiger partial charge < -0.3 is 4.74 Å². The number of ether oxygens (including phenoxy) is 1. The third kappa shape index (κ3) is 5.46. The second kappa shape index (κ2) is 9.59. The van der Waals surface area contributed by atoms with Crippen LogP contribution in [0.3, 0.4) is 0 Å². The zero-order chi connectivity index (χ0) is 18.9. The molecule has 1 N–H and O–H groups in total. The molecule has 0 bridgehead atoms. The molecule has 3 rings (SSSR count). The molecule has 0 fully saturated rings. The Morgan fingerprint density at radius 2 is 1.70 bits per heavy atom. The molecule has 0 unspecified atom stereocenters. The minimum absolute atomic E-state index is 0.105. The molecule has 0 aromatic heterocycles. The predicted molar refractivity (Wildman–Crippen MR) is 111 cm³/mol. The summed E-state index contributed by atoms with van der Waals surface area (Å²) in [7, 11) is 0. The van der Waals surface area contributed by atoms with Gasteiger partial charge in [-0.1, -0.05) is 60.7 Å². The Morgan fingerprint density at radius 1 is 1.00 bits per heavy atom. The number of rotatable bonds is 7. The van der Waals surface area contributed by atoms with Crippen molar-refractivity contribution < 1.29 is 9.53 Å². The Bertz CT molecular complexity index is 909. The summed E-state index contributed by atoms with van der Waals surface area (Å²) in [5.41, 5.74) is 5.40. The zero-order valence-electron chi connectivity index (χ0n) is 15.0. The maximum Gasteiger partial charge on any atom is 0.277 e. The summed E-state index contributed by atoms with van der Waals surface area (Å²) in [4.78, 5) is 13.2. The van der Waals surface area contributed by atoms with Gasteiger partial charge in [0.05, 0.1) is 6.21 Å². The molecule has 0 saturated carbocycles. The molecule has 0 atom stereocenters. The number of amides is 1. The van der Waals surface area contributed by atoms with E-state index in [-0.39, 0.29) is 12.5 Å². The number of nitrogens with zero attached hydrogens (tertiary/aromatic N) is 1. The topological polar surface area (TPSA) is 50.7 Å². The van der Waals surface area contributed by atoms with Crippen molar-refractivity contribution in [2.45, 2.75) is 4.90 Å². The van der Waals surface area contributed by atoms with Crippen LogP contribution in [-0.2, 0) is 4.79 Å². The Morgan fingerprint density at radius 3 is 2.44 bits per heavy atom. The first-order chi connectivity index (χ1) is 13.3. The lowest BCUT2D eigenvalue weighted by molar-refractivity contribution is -0.123. The van der Waals surface area contributed by atoms with Crippen molar-refractivity contribution in [1.29, 1.82) is 0 Å². The van der Waals surface area contributed by atoms with E-state index in [2.05, 4.69) is 10.5 Å². The number of thioether (sulfide) groups is 1. The number of hydrogen-bond acceptors (Lipinski definition) is 4. The first-order valence-corrected chi connectivity index (χ1v) is 9.72. The molecule has 0 aliphatic carbocycles. The number of nitrogens with one attached hydrogen (secondary N) is 1. The average molecular weight is 376 g/mol. The fourth-order valence-corrected chi connectivity index (χ4v) is 2.90. The molecule has 0 heterocycles. The monoisotopic (exact) mass is 376 g/mol. The lowest BCUT2D eigenvalue weighted by Gasteiger charge is -2.10. The lowest BCUT2D eigenvalue weighted by atomic mass is 10.1. The molecule has 3 aromatic rings. The highest BCUT2D eigenvalue weighted by Gasteiger charge is 2.07. The van der Waals surface area contributed by atoms with Crippen molar-refractivity contribution in [1.82, 2.24) is 5.43 Å². The second-order valence-corrected chi connectivity index (χ2v) is 6.60.